The number of carbonyl (C=O) groups excluding carboxylic acids is 1. The molecule has 0 fully saturated rings. The molecule has 362 valence electrons. The highest BCUT2D eigenvalue weighted by Crippen LogP contribution is 2.43. The Bertz CT molecular complexity index is 1030. The molecule has 0 heterocycles. The van der Waals surface area contributed by atoms with Crippen LogP contribution in [-0.4, -0.2) is 75.6 Å². The second-order valence-corrected chi connectivity index (χ2v) is 20.4. The van der Waals surface area contributed by atoms with Crippen LogP contribution in [0.3, 0.4) is 0 Å². The molecule has 0 aliphatic rings. The number of esters is 1. The summed E-state index contributed by atoms with van der Waals surface area (Å²) in [5, 5.41) is 0. The molecule has 0 radical (unpaired) electrons. The first-order valence-electron chi connectivity index (χ1n) is 26.1. The van der Waals surface area contributed by atoms with Crippen molar-refractivity contribution in [3.63, 3.8) is 0 Å². The molecule has 9 heteroatoms. The summed E-state index contributed by atoms with van der Waals surface area (Å²) in [5.74, 6) is -0.310. The Kier molecular flexibility index (Phi) is 44.8. The van der Waals surface area contributed by atoms with Gasteiger partial charge in [0, 0.05) is 13.0 Å². The molecule has 0 amide bonds. The Hall–Kier alpha value is -1.02. The first-order valence-corrected chi connectivity index (χ1v) is 27.6. The van der Waals surface area contributed by atoms with E-state index in [0.29, 0.717) is 24.1 Å². The van der Waals surface area contributed by atoms with Gasteiger partial charge in [0.25, 0.3) is 0 Å². The van der Waals surface area contributed by atoms with E-state index in [0.717, 1.165) is 38.5 Å². The third-order valence-electron chi connectivity index (χ3n) is 11.5. The molecule has 1 N–H and O–H groups in total. The number of allylic oxidation sites excluding steroid dienone is 4. The van der Waals surface area contributed by atoms with Crippen molar-refractivity contribution >= 4 is 13.8 Å². The highest BCUT2D eigenvalue weighted by Gasteiger charge is 2.26. The van der Waals surface area contributed by atoms with E-state index in [-0.39, 0.29) is 25.8 Å². The van der Waals surface area contributed by atoms with E-state index in [1.165, 1.54) is 186 Å². The number of hydrogen-bond acceptors (Lipinski definition) is 6. The zero-order valence-electron chi connectivity index (χ0n) is 41.2. The van der Waals surface area contributed by atoms with Gasteiger partial charge in [-0.3, -0.25) is 13.8 Å². The van der Waals surface area contributed by atoms with Gasteiger partial charge in [-0.1, -0.05) is 218 Å². The number of rotatable bonds is 49. The molecule has 0 aromatic carbocycles. The number of ether oxygens (including phenoxy) is 2. The third kappa shape index (κ3) is 49.8. The minimum atomic E-state index is -4.28. The average molecular weight is 885 g/mol. The first kappa shape index (κ1) is 60.0. The molecule has 61 heavy (non-hydrogen) atoms. The van der Waals surface area contributed by atoms with Gasteiger partial charge in [-0.25, -0.2) is 4.57 Å². The predicted octanol–water partition coefficient (Wildman–Crippen LogP) is 16.0. The van der Waals surface area contributed by atoms with Crippen molar-refractivity contribution in [1.29, 1.82) is 0 Å². The summed E-state index contributed by atoms with van der Waals surface area (Å²) < 4.78 is 35.2. The van der Waals surface area contributed by atoms with Crippen LogP contribution in [0.15, 0.2) is 24.3 Å². The molecule has 0 aromatic heterocycles. The van der Waals surface area contributed by atoms with Crippen LogP contribution in [0.4, 0.5) is 0 Å². The number of quaternary nitrogens is 1. The molecule has 0 aliphatic heterocycles. The summed E-state index contributed by atoms with van der Waals surface area (Å²) in [6.07, 6.45) is 53.6. The van der Waals surface area contributed by atoms with Crippen molar-refractivity contribution in [2.45, 2.75) is 251 Å². The average Bonchev–Trinajstić information content (AvgIpc) is 3.22. The molecular weight excluding hydrogens is 782 g/mol. The van der Waals surface area contributed by atoms with E-state index in [2.05, 4.69) is 38.2 Å². The topological polar surface area (TPSA) is 91.3 Å². The van der Waals surface area contributed by atoms with E-state index in [9.17, 15) is 14.3 Å². The molecule has 0 aliphatic carbocycles. The number of carbonyl (C=O) groups is 1. The van der Waals surface area contributed by atoms with Crippen LogP contribution in [0.5, 0.6) is 0 Å². The van der Waals surface area contributed by atoms with Crippen LogP contribution in [0.25, 0.3) is 0 Å². The van der Waals surface area contributed by atoms with Crippen molar-refractivity contribution in [2.24, 2.45) is 0 Å². The smallest absolute Gasteiger partial charge is 0.457 e. The predicted molar refractivity (Wildman–Crippen MR) is 261 cm³/mol. The Morgan fingerprint density at radius 2 is 0.902 bits per heavy atom. The number of phosphoric ester groups is 1. The lowest BCUT2D eigenvalue weighted by atomic mass is 10.0. The van der Waals surface area contributed by atoms with Crippen LogP contribution >= 0.6 is 7.82 Å². The largest absolute Gasteiger partial charge is 0.472 e. The number of hydrogen-bond donors (Lipinski definition) is 1. The summed E-state index contributed by atoms with van der Waals surface area (Å²) in [6, 6.07) is 0. The van der Waals surface area contributed by atoms with Crippen molar-refractivity contribution < 1.29 is 37.3 Å². The molecule has 0 rings (SSSR count). The summed E-state index contributed by atoms with van der Waals surface area (Å²) in [6.45, 7) is 5.66. The standard InChI is InChI=1S/C52H102NO7P/c1-6-8-10-12-14-16-18-20-22-24-25-26-27-28-30-32-34-36-38-40-42-44-47-57-49-51(50-59-61(55,56)58-48-46-53(3,4)5)60-52(54)45-43-41-39-37-35-33-31-29-23-21-19-17-15-13-11-9-7-2/h18,20,24-25,51H,6-17,19,21-23,26-50H2,1-5H3/p+1/b20-18-,25-24-. The zero-order valence-corrected chi connectivity index (χ0v) is 42.1. The SMILES string of the molecule is CCCCCCC/C=C\C/C=C\CCCCCCCCCCCCOCC(COP(=O)(O)OCC[N+](C)(C)C)OC(=O)CCCCCCCCCCCCCCCCCCC. The molecule has 0 bridgehead atoms. The highest BCUT2D eigenvalue weighted by molar-refractivity contribution is 7.47. The van der Waals surface area contributed by atoms with Crippen molar-refractivity contribution in [2.75, 3.05) is 54.1 Å². The number of unbranched alkanes of at least 4 members (excludes halogenated alkanes) is 31. The lowest BCUT2D eigenvalue weighted by Gasteiger charge is -2.24. The molecule has 8 nitrogen and oxygen atoms in total. The van der Waals surface area contributed by atoms with Gasteiger partial charge >= 0.3 is 13.8 Å². The van der Waals surface area contributed by atoms with E-state index >= 15 is 0 Å². The highest BCUT2D eigenvalue weighted by atomic mass is 31.2. The Balaban J connectivity index is 4.10. The molecule has 2 atom stereocenters. The van der Waals surface area contributed by atoms with Gasteiger partial charge in [-0.15, -0.1) is 0 Å². The first-order chi connectivity index (χ1) is 29.6. The van der Waals surface area contributed by atoms with Gasteiger partial charge in [-0.05, 0) is 44.9 Å². The van der Waals surface area contributed by atoms with Crippen LogP contribution in [0.2, 0.25) is 0 Å². The normalized spacial score (nSPS) is 13.7. The monoisotopic (exact) mass is 885 g/mol. The van der Waals surface area contributed by atoms with E-state index < -0.39 is 13.9 Å². The molecule has 0 aromatic rings. The maximum atomic E-state index is 12.8. The zero-order chi connectivity index (χ0) is 44.8. The van der Waals surface area contributed by atoms with Crippen LogP contribution in [0.1, 0.15) is 245 Å². The van der Waals surface area contributed by atoms with Gasteiger partial charge in [-0.2, -0.15) is 0 Å². The molecular formula is C52H103NO7P+. The minimum Gasteiger partial charge on any atom is -0.457 e. The number of likely N-dealkylation sites (N-methyl/N-ethyl adjacent to an activating group) is 1. The Labute approximate surface area is 379 Å². The molecule has 0 spiro atoms. The summed E-state index contributed by atoms with van der Waals surface area (Å²) in [4.78, 5) is 23.0. The second kappa shape index (κ2) is 45.5. The van der Waals surface area contributed by atoms with Gasteiger partial charge in [0.1, 0.15) is 19.3 Å². The minimum absolute atomic E-state index is 0.0905. The maximum absolute atomic E-state index is 12.8. The second-order valence-electron chi connectivity index (χ2n) is 18.9. The maximum Gasteiger partial charge on any atom is 0.472 e. The molecule has 0 saturated heterocycles. The lowest BCUT2D eigenvalue weighted by molar-refractivity contribution is -0.870. The van der Waals surface area contributed by atoms with E-state index in [1.807, 2.05) is 21.1 Å². The van der Waals surface area contributed by atoms with Gasteiger partial charge in [0.05, 0.1) is 34.4 Å². The summed E-state index contributed by atoms with van der Waals surface area (Å²) in [5.41, 5.74) is 0. The van der Waals surface area contributed by atoms with Gasteiger partial charge < -0.3 is 18.9 Å². The fraction of sp³-hybridized carbons (Fsp3) is 0.904. The molecule has 2 unspecified atom stereocenters. The third-order valence-corrected chi connectivity index (χ3v) is 12.5. The van der Waals surface area contributed by atoms with Crippen molar-refractivity contribution in [3.05, 3.63) is 24.3 Å². The quantitative estimate of drug-likeness (QED) is 0.0214. The van der Waals surface area contributed by atoms with Crippen LogP contribution in [-0.2, 0) is 27.9 Å². The van der Waals surface area contributed by atoms with E-state index in [1.54, 1.807) is 0 Å². The Morgan fingerprint density at radius 1 is 0.508 bits per heavy atom. The van der Waals surface area contributed by atoms with Crippen molar-refractivity contribution in [3.8, 4) is 0 Å². The summed E-state index contributed by atoms with van der Waals surface area (Å²) >= 11 is 0. The van der Waals surface area contributed by atoms with Crippen molar-refractivity contribution in [1.82, 2.24) is 0 Å². The number of nitrogens with zero attached hydrogens (tertiary/aromatic N) is 1. The fourth-order valence-corrected chi connectivity index (χ4v) is 8.21. The van der Waals surface area contributed by atoms with Crippen LogP contribution in [0, 0.1) is 0 Å². The van der Waals surface area contributed by atoms with Gasteiger partial charge in [0.15, 0.2) is 0 Å². The van der Waals surface area contributed by atoms with E-state index in [4.69, 9.17) is 18.5 Å². The summed E-state index contributed by atoms with van der Waals surface area (Å²) in [7, 11) is 1.68. The fourth-order valence-electron chi connectivity index (χ4n) is 7.47. The number of phosphoric acid groups is 1. The van der Waals surface area contributed by atoms with Gasteiger partial charge in [0.2, 0.25) is 0 Å². The Morgan fingerprint density at radius 3 is 1.33 bits per heavy atom. The lowest BCUT2D eigenvalue weighted by Crippen LogP contribution is -2.37. The molecule has 0 saturated carbocycles. The van der Waals surface area contributed by atoms with Crippen LogP contribution < -0.4 is 0 Å².